The highest BCUT2D eigenvalue weighted by Gasteiger charge is 2.71. The SMILES string of the molecule is CC(=O)O[C@@H]1C[C@@H]2[C@H]([C@H](O)C[C@]3(C)[C@@H]([C@H](C)/C=C/[C@H](C)C(C)C)CC[C@@H]23)[C@@]2(C)C(=O)C=CC[C@]12O. The van der Waals surface area contributed by atoms with E-state index in [1.54, 1.807) is 12.2 Å². The van der Waals surface area contributed by atoms with Crippen LogP contribution in [-0.4, -0.2) is 39.8 Å². The molecule has 35 heavy (non-hydrogen) atoms. The van der Waals surface area contributed by atoms with E-state index in [1.165, 1.54) is 6.92 Å². The third kappa shape index (κ3) is 3.96. The molecule has 5 heteroatoms. The minimum atomic E-state index is -1.50. The Morgan fingerprint density at radius 3 is 2.49 bits per heavy atom. The second-order valence-corrected chi connectivity index (χ2v) is 13.0. The van der Waals surface area contributed by atoms with Crippen molar-refractivity contribution < 1.29 is 24.5 Å². The molecule has 0 aromatic rings. The molecule has 0 spiro atoms. The normalized spacial score (nSPS) is 46.7. The van der Waals surface area contributed by atoms with Gasteiger partial charge in [0, 0.05) is 12.8 Å². The molecule has 2 N–H and O–H groups in total. The van der Waals surface area contributed by atoms with Gasteiger partial charge in [0.05, 0.1) is 11.5 Å². The van der Waals surface area contributed by atoms with E-state index in [0.29, 0.717) is 42.4 Å². The summed E-state index contributed by atoms with van der Waals surface area (Å²) in [5.74, 6) is 1.36. The van der Waals surface area contributed by atoms with Crippen LogP contribution in [0, 0.1) is 52.3 Å². The lowest BCUT2D eigenvalue weighted by Crippen LogP contribution is -2.72. The lowest BCUT2D eigenvalue weighted by Gasteiger charge is -2.64. The van der Waals surface area contributed by atoms with Crippen molar-refractivity contribution in [1.29, 1.82) is 0 Å². The molecule has 0 aromatic carbocycles. The van der Waals surface area contributed by atoms with Crippen molar-refractivity contribution in [3.63, 3.8) is 0 Å². The predicted molar refractivity (Wildman–Crippen MR) is 136 cm³/mol. The second kappa shape index (κ2) is 9.13. The number of fused-ring (bicyclic) bond motifs is 5. The lowest BCUT2D eigenvalue weighted by atomic mass is 9.42. The summed E-state index contributed by atoms with van der Waals surface area (Å²) in [5, 5.41) is 23.6. The van der Waals surface area contributed by atoms with Crippen molar-refractivity contribution in [1.82, 2.24) is 0 Å². The van der Waals surface area contributed by atoms with Crippen LogP contribution >= 0.6 is 0 Å². The zero-order chi connectivity index (χ0) is 25.9. The Morgan fingerprint density at radius 1 is 1.17 bits per heavy atom. The predicted octanol–water partition coefficient (Wildman–Crippen LogP) is 5.10. The van der Waals surface area contributed by atoms with Crippen molar-refractivity contribution >= 4 is 11.8 Å². The number of carbonyl (C=O) groups excluding carboxylic acids is 2. The van der Waals surface area contributed by atoms with Gasteiger partial charge >= 0.3 is 5.97 Å². The van der Waals surface area contributed by atoms with Crippen molar-refractivity contribution in [2.75, 3.05) is 0 Å². The number of ketones is 1. The van der Waals surface area contributed by atoms with Crippen LogP contribution in [-0.2, 0) is 14.3 Å². The summed E-state index contributed by atoms with van der Waals surface area (Å²) in [7, 11) is 0. The number of aliphatic hydroxyl groups excluding tert-OH is 1. The summed E-state index contributed by atoms with van der Waals surface area (Å²) in [4.78, 5) is 25.5. The number of hydrogen-bond acceptors (Lipinski definition) is 5. The molecule has 0 heterocycles. The molecule has 11 atom stereocenters. The molecule has 0 aliphatic heterocycles. The number of ether oxygens (including phenoxy) is 1. The number of allylic oxidation sites excluding steroid dienone is 3. The Hall–Kier alpha value is -1.46. The van der Waals surface area contributed by atoms with Gasteiger partial charge in [-0.15, -0.1) is 0 Å². The molecule has 4 aliphatic carbocycles. The highest BCUT2D eigenvalue weighted by atomic mass is 16.6. The molecule has 0 amide bonds. The number of hydrogen-bond donors (Lipinski definition) is 2. The third-order valence-corrected chi connectivity index (χ3v) is 11.0. The van der Waals surface area contributed by atoms with E-state index in [-0.39, 0.29) is 29.5 Å². The van der Waals surface area contributed by atoms with Crippen molar-refractivity contribution in [3.05, 3.63) is 24.3 Å². The van der Waals surface area contributed by atoms with E-state index in [0.717, 1.165) is 12.8 Å². The van der Waals surface area contributed by atoms with Gasteiger partial charge in [-0.25, -0.2) is 0 Å². The topological polar surface area (TPSA) is 83.8 Å². The molecule has 0 bridgehead atoms. The maximum Gasteiger partial charge on any atom is 0.303 e. The number of aliphatic hydroxyl groups is 2. The molecular weight excluding hydrogens is 440 g/mol. The van der Waals surface area contributed by atoms with E-state index in [2.05, 4.69) is 46.8 Å². The Kier molecular flexibility index (Phi) is 6.94. The van der Waals surface area contributed by atoms with E-state index in [9.17, 15) is 19.8 Å². The molecule has 0 saturated heterocycles. The van der Waals surface area contributed by atoms with Gasteiger partial charge in [-0.05, 0) is 86.0 Å². The Balaban J connectivity index is 1.70. The molecular formula is C30H46O5. The Morgan fingerprint density at radius 2 is 1.86 bits per heavy atom. The molecule has 0 radical (unpaired) electrons. The monoisotopic (exact) mass is 486 g/mol. The van der Waals surface area contributed by atoms with Gasteiger partial charge < -0.3 is 14.9 Å². The van der Waals surface area contributed by atoms with Crippen LogP contribution in [0.15, 0.2) is 24.3 Å². The summed E-state index contributed by atoms with van der Waals surface area (Å²) < 4.78 is 5.74. The van der Waals surface area contributed by atoms with Crippen LogP contribution in [0.3, 0.4) is 0 Å². The maximum absolute atomic E-state index is 13.4. The van der Waals surface area contributed by atoms with Crippen LogP contribution in [0.2, 0.25) is 0 Å². The number of rotatable bonds is 5. The Bertz CT molecular complexity index is 906. The van der Waals surface area contributed by atoms with E-state index >= 15 is 0 Å². The highest BCUT2D eigenvalue weighted by molar-refractivity contribution is 5.97. The fraction of sp³-hybridized carbons (Fsp3) is 0.800. The fourth-order valence-corrected chi connectivity index (χ4v) is 8.76. The van der Waals surface area contributed by atoms with Crippen LogP contribution in [0.5, 0.6) is 0 Å². The van der Waals surface area contributed by atoms with Gasteiger partial charge in [-0.1, -0.05) is 52.8 Å². The van der Waals surface area contributed by atoms with Gasteiger partial charge in [0.25, 0.3) is 0 Å². The summed E-state index contributed by atoms with van der Waals surface area (Å²) in [6.07, 6.45) is 10.1. The first-order valence-electron chi connectivity index (χ1n) is 13.7. The van der Waals surface area contributed by atoms with E-state index < -0.39 is 29.2 Å². The lowest BCUT2D eigenvalue weighted by molar-refractivity contribution is -0.256. The van der Waals surface area contributed by atoms with Crippen LogP contribution in [0.1, 0.15) is 80.6 Å². The minimum absolute atomic E-state index is 0.0181. The molecule has 5 nitrogen and oxygen atoms in total. The molecule has 3 fully saturated rings. The van der Waals surface area contributed by atoms with Crippen molar-refractivity contribution in [3.8, 4) is 0 Å². The summed E-state index contributed by atoms with van der Waals surface area (Å²) in [6.45, 7) is 14.6. The molecule has 4 rings (SSSR count). The van der Waals surface area contributed by atoms with Gasteiger partial charge in [0.1, 0.15) is 11.7 Å². The van der Waals surface area contributed by atoms with Crippen LogP contribution in [0.4, 0.5) is 0 Å². The second-order valence-electron chi connectivity index (χ2n) is 13.0. The molecule has 3 saturated carbocycles. The highest BCUT2D eigenvalue weighted by Crippen LogP contribution is 2.68. The third-order valence-electron chi connectivity index (χ3n) is 11.0. The summed E-state index contributed by atoms with van der Waals surface area (Å²) >= 11 is 0. The first-order valence-corrected chi connectivity index (χ1v) is 13.7. The first kappa shape index (κ1) is 26.6. The maximum atomic E-state index is 13.4. The molecule has 0 unspecified atom stereocenters. The standard InChI is InChI=1S/C30H46O5/c1-17(2)18(3)10-11-19(4)22-12-13-23-21-15-26(35-20(5)31)30(34)14-8-9-25(33)29(30,7)27(21)24(32)16-28(22,23)6/h8-11,17-19,21-24,26-27,32,34H,12-16H2,1-7H3/b11-10+/t18-,19+,21-,22+,23-,24+,26+,27+,28+,29+,30-/m0/s1. The van der Waals surface area contributed by atoms with Crippen molar-refractivity contribution in [2.24, 2.45) is 52.3 Å². The van der Waals surface area contributed by atoms with Gasteiger partial charge in [0.2, 0.25) is 0 Å². The first-order chi connectivity index (χ1) is 16.3. The van der Waals surface area contributed by atoms with Gasteiger partial charge in [-0.3, -0.25) is 9.59 Å². The minimum Gasteiger partial charge on any atom is -0.459 e. The zero-order valence-corrected chi connectivity index (χ0v) is 22.7. The van der Waals surface area contributed by atoms with Gasteiger partial charge in [0.15, 0.2) is 5.78 Å². The zero-order valence-electron chi connectivity index (χ0n) is 22.7. The largest absolute Gasteiger partial charge is 0.459 e. The summed E-state index contributed by atoms with van der Waals surface area (Å²) in [6, 6.07) is 0. The molecule has 196 valence electrons. The van der Waals surface area contributed by atoms with Gasteiger partial charge in [-0.2, -0.15) is 0 Å². The van der Waals surface area contributed by atoms with Crippen molar-refractivity contribution in [2.45, 2.75) is 98.4 Å². The van der Waals surface area contributed by atoms with Crippen LogP contribution < -0.4 is 0 Å². The number of esters is 1. The van der Waals surface area contributed by atoms with Crippen LogP contribution in [0.25, 0.3) is 0 Å². The summed E-state index contributed by atoms with van der Waals surface area (Å²) in [5.41, 5.74) is -2.74. The molecule has 0 aromatic heterocycles. The quantitative estimate of drug-likeness (QED) is 0.417. The average Bonchev–Trinajstić information content (AvgIpc) is 3.10. The Labute approximate surface area is 211 Å². The average molecular weight is 487 g/mol. The molecule has 4 aliphatic rings. The van der Waals surface area contributed by atoms with E-state index in [4.69, 9.17) is 4.74 Å². The smallest absolute Gasteiger partial charge is 0.303 e. The fourth-order valence-electron chi connectivity index (χ4n) is 8.76. The van der Waals surface area contributed by atoms with E-state index in [1.807, 2.05) is 6.92 Å². The number of carbonyl (C=O) groups is 2.